The van der Waals surface area contributed by atoms with Crippen molar-refractivity contribution < 1.29 is 14.0 Å². The first kappa shape index (κ1) is 19.9. The monoisotopic (exact) mass is 426 g/mol. The van der Waals surface area contributed by atoms with Gasteiger partial charge in [0.25, 0.3) is 11.8 Å². The molecule has 1 saturated carbocycles. The molecule has 7 nitrogen and oxygen atoms in total. The van der Waals surface area contributed by atoms with Crippen LogP contribution in [0.25, 0.3) is 22.1 Å². The summed E-state index contributed by atoms with van der Waals surface area (Å²) < 4.78 is 5.67. The van der Waals surface area contributed by atoms with E-state index in [1.807, 2.05) is 43.3 Å². The molecule has 0 saturated heterocycles. The maximum Gasteiger partial charge on any atom is 0.252 e. The Morgan fingerprint density at radius 2 is 1.81 bits per heavy atom. The number of primary amides is 1. The van der Waals surface area contributed by atoms with Crippen LogP contribution in [-0.2, 0) is 5.54 Å². The third kappa shape index (κ3) is 3.32. The fourth-order valence-corrected chi connectivity index (χ4v) is 4.13. The number of nitrogens with zero attached hydrogens (tertiary/aromatic N) is 2. The van der Waals surface area contributed by atoms with Gasteiger partial charge in [0, 0.05) is 23.3 Å². The van der Waals surface area contributed by atoms with E-state index >= 15 is 0 Å². The molecule has 5 rings (SSSR count). The molecular weight excluding hydrogens is 404 g/mol. The van der Waals surface area contributed by atoms with E-state index in [0.29, 0.717) is 33.7 Å². The predicted molar refractivity (Wildman–Crippen MR) is 120 cm³/mol. The van der Waals surface area contributed by atoms with Gasteiger partial charge in [-0.15, -0.1) is 0 Å². The van der Waals surface area contributed by atoms with Gasteiger partial charge in [-0.25, -0.2) is 9.97 Å². The minimum absolute atomic E-state index is 0.172. The summed E-state index contributed by atoms with van der Waals surface area (Å²) in [4.78, 5) is 33.6. The lowest BCUT2D eigenvalue weighted by molar-refractivity contribution is 0.0927. The number of rotatable bonds is 5. The Labute approximate surface area is 184 Å². The van der Waals surface area contributed by atoms with E-state index in [1.165, 1.54) is 0 Å². The average Bonchev–Trinajstić information content (AvgIpc) is 3.48. The van der Waals surface area contributed by atoms with Gasteiger partial charge < -0.3 is 15.5 Å². The fraction of sp³-hybridized carbons (Fsp3) is 0.200. The van der Waals surface area contributed by atoms with E-state index in [9.17, 15) is 9.59 Å². The molecule has 32 heavy (non-hydrogen) atoms. The zero-order valence-corrected chi connectivity index (χ0v) is 17.8. The molecule has 1 fully saturated rings. The first-order chi connectivity index (χ1) is 15.4. The molecule has 2 amide bonds. The van der Waals surface area contributed by atoms with Crippen LogP contribution in [0.1, 0.15) is 50.7 Å². The van der Waals surface area contributed by atoms with E-state index in [4.69, 9.17) is 10.2 Å². The van der Waals surface area contributed by atoms with Crippen LogP contribution in [-0.4, -0.2) is 21.8 Å². The standard InChI is InChI=1S/C25H22N4O3/c1-14-4-5-17(23(31)29-25(8-9-25)24-27-10-3-11-28-24)13-18(14)16-6-7-20-19(12-16)21(22(26)30)15(2)32-20/h3-7,10-13H,8-9H2,1-2H3,(H2,26,30)(H,29,31). The number of benzene rings is 2. The van der Waals surface area contributed by atoms with Crippen molar-refractivity contribution >= 4 is 22.8 Å². The molecule has 2 heterocycles. The van der Waals surface area contributed by atoms with Gasteiger partial charge in [0.2, 0.25) is 0 Å². The lowest BCUT2D eigenvalue weighted by Gasteiger charge is -2.16. The summed E-state index contributed by atoms with van der Waals surface area (Å²) in [7, 11) is 0. The van der Waals surface area contributed by atoms with Gasteiger partial charge in [0.05, 0.1) is 5.56 Å². The Balaban J connectivity index is 1.50. The van der Waals surface area contributed by atoms with Crippen molar-refractivity contribution in [1.29, 1.82) is 0 Å². The molecule has 1 aliphatic rings. The van der Waals surface area contributed by atoms with E-state index in [2.05, 4.69) is 15.3 Å². The van der Waals surface area contributed by atoms with Crippen LogP contribution in [0.2, 0.25) is 0 Å². The van der Waals surface area contributed by atoms with Crippen molar-refractivity contribution in [2.45, 2.75) is 32.2 Å². The van der Waals surface area contributed by atoms with Crippen molar-refractivity contribution in [3.05, 3.63) is 83.1 Å². The maximum atomic E-state index is 13.1. The van der Waals surface area contributed by atoms with Crippen molar-refractivity contribution in [2.75, 3.05) is 0 Å². The van der Waals surface area contributed by atoms with Crippen LogP contribution in [0.3, 0.4) is 0 Å². The first-order valence-electron chi connectivity index (χ1n) is 10.4. The van der Waals surface area contributed by atoms with Gasteiger partial charge >= 0.3 is 0 Å². The smallest absolute Gasteiger partial charge is 0.252 e. The molecule has 7 heteroatoms. The number of nitrogens with one attached hydrogen (secondary N) is 1. The van der Waals surface area contributed by atoms with Gasteiger partial charge in [0.1, 0.15) is 16.9 Å². The summed E-state index contributed by atoms with van der Waals surface area (Å²) in [6.45, 7) is 3.71. The Hall–Kier alpha value is -4.00. The average molecular weight is 426 g/mol. The summed E-state index contributed by atoms with van der Waals surface area (Å²) in [5.74, 6) is 0.434. The normalized spacial score (nSPS) is 14.3. The number of carbonyl (C=O) groups is 2. The summed E-state index contributed by atoms with van der Waals surface area (Å²) in [6.07, 6.45) is 5.00. The molecule has 2 aromatic carbocycles. The summed E-state index contributed by atoms with van der Waals surface area (Å²) in [5, 5.41) is 3.78. The zero-order chi connectivity index (χ0) is 22.5. The minimum atomic E-state index is -0.527. The number of hydrogen-bond donors (Lipinski definition) is 2. The molecule has 0 radical (unpaired) electrons. The lowest BCUT2D eigenvalue weighted by Crippen LogP contribution is -2.36. The summed E-state index contributed by atoms with van der Waals surface area (Å²) in [6, 6.07) is 13.0. The molecule has 0 bridgehead atoms. The van der Waals surface area contributed by atoms with E-state index in [0.717, 1.165) is 29.5 Å². The molecule has 1 aliphatic carbocycles. The Morgan fingerprint density at radius 3 is 2.50 bits per heavy atom. The Kier molecular flexibility index (Phi) is 4.55. The second-order valence-corrected chi connectivity index (χ2v) is 8.25. The van der Waals surface area contributed by atoms with Crippen molar-refractivity contribution in [2.24, 2.45) is 5.73 Å². The number of aryl methyl sites for hydroxylation is 2. The van der Waals surface area contributed by atoms with Gasteiger partial charge in [-0.05, 0) is 73.7 Å². The number of aromatic nitrogens is 2. The topological polar surface area (TPSA) is 111 Å². The Morgan fingerprint density at radius 1 is 1.06 bits per heavy atom. The minimum Gasteiger partial charge on any atom is -0.461 e. The zero-order valence-electron chi connectivity index (χ0n) is 17.8. The highest BCUT2D eigenvalue weighted by molar-refractivity contribution is 6.07. The fourth-order valence-electron chi connectivity index (χ4n) is 4.13. The number of hydrogen-bond acceptors (Lipinski definition) is 5. The van der Waals surface area contributed by atoms with Crippen LogP contribution in [0.4, 0.5) is 0 Å². The third-order valence-electron chi connectivity index (χ3n) is 6.02. The molecule has 0 atom stereocenters. The second-order valence-electron chi connectivity index (χ2n) is 8.25. The van der Waals surface area contributed by atoms with Crippen LogP contribution in [0.5, 0.6) is 0 Å². The van der Waals surface area contributed by atoms with Gasteiger partial charge in [-0.3, -0.25) is 9.59 Å². The quantitative estimate of drug-likeness (QED) is 0.501. The lowest BCUT2D eigenvalue weighted by atomic mass is 9.96. The third-order valence-corrected chi connectivity index (χ3v) is 6.02. The number of nitrogens with two attached hydrogens (primary N) is 1. The largest absolute Gasteiger partial charge is 0.461 e. The summed E-state index contributed by atoms with van der Waals surface area (Å²) in [5.41, 5.74) is 9.38. The molecule has 3 N–H and O–H groups in total. The first-order valence-corrected chi connectivity index (χ1v) is 10.4. The van der Waals surface area contributed by atoms with E-state index in [-0.39, 0.29) is 5.91 Å². The van der Waals surface area contributed by atoms with Crippen LogP contribution >= 0.6 is 0 Å². The highest BCUT2D eigenvalue weighted by Gasteiger charge is 2.48. The van der Waals surface area contributed by atoms with E-state index < -0.39 is 11.4 Å². The molecule has 2 aromatic heterocycles. The number of amides is 2. The molecule has 4 aromatic rings. The number of fused-ring (bicyclic) bond motifs is 1. The molecular formula is C25H22N4O3. The molecule has 0 spiro atoms. The van der Waals surface area contributed by atoms with Crippen LogP contribution in [0.15, 0.2) is 59.3 Å². The van der Waals surface area contributed by atoms with Gasteiger partial charge in [0.15, 0.2) is 5.82 Å². The SMILES string of the molecule is Cc1ccc(C(=O)NC2(c3ncccn3)CC2)cc1-c1ccc2oc(C)c(C(N)=O)c2c1. The highest BCUT2D eigenvalue weighted by atomic mass is 16.3. The van der Waals surface area contributed by atoms with Gasteiger partial charge in [-0.2, -0.15) is 0 Å². The van der Waals surface area contributed by atoms with Crippen molar-refractivity contribution in [3.8, 4) is 11.1 Å². The van der Waals surface area contributed by atoms with Gasteiger partial charge in [-0.1, -0.05) is 12.1 Å². The molecule has 0 unspecified atom stereocenters. The van der Waals surface area contributed by atoms with Crippen LogP contribution < -0.4 is 11.1 Å². The predicted octanol–water partition coefficient (Wildman–Crippen LogP) is 4.02. The number of carbonyl (C=O) groups excluding carboxylic acids is 2. The summed E-state index contributed by atoms with van der Waals surface area (Å²) >= 11 is 0. The van der Waals surface area contributed by atoms with Crippen molar-refractivity contribution in [1.82, 2.24) is 15.3 Å². The van der Waals surface area contributed by atoms with Crippen molar-refractivity contribution in [3.63, 3.8) is 0 Å². The second kappa shape index (κ2) is 7.30. The number of furan rings is 1. The molecule has 160 valence electrons. The Bertz CT molecular complexity index is 1370. The highest BCUT2D eigenvalue weighted by Crippen LogP contribution is 2.43. The maximum absolute atomic E-state index is 13.1. The molecule has 0 aliphatic heterocycles. The van der Waals surface area contributed by atoms with E-state index in [1.54, 1.807) is 25.4 Å². The van der Waals surface area contributed by atoms with Crippen LogP contribution in [0, 0.1) is 13.8 Å².